The normalized spacial score (nSPS) is 16.8. The molecular formula is C21H32N10O2. The molecule has 33 heavy (non-hydrogen) atoms. The monoisotopic (exact) mass is 456 g/mol. The van der Waals surface area contributed by atoms with E-state index < -0.39 is 4.92 Å². The first-order valence-corrected chi connectivity index (χ1v) is 11.6. The highest BCUT2D eigenvalue weighted by Gasteiger charge is 2.20. The van der Waals surface area contributed by atoms with Gasteiger partial charge < -0.3 is 25.8 Å². The fourth-order valence-electron chi connectivity index (χ4n) is 4.05. The maximum atomic E-state index is 10.7. The van der Waals surface area contributed by atoms with Gasteiger partial charge in [0.15, 0.2) is 0 Å². The van der Waals surface area contributed by atoms with Gasteiger partial charge in [0.05, 0.1) is 4.92 Å². The van der Waals surface area contributed by atoms with Gasteiger partial charge in [-0.05, 0) is 32.6 Å². The fourth-order valence-corrected chi connectivity index (χ4v) is 4.05. The van der Waals surface area contributed by atoms with Crippen LogP contribution in [-0.4, -0.2) is 76.7 Å². The van der Waals surface area contributed by atoms with Crippen LogP contribution < -0.4 is 25.8 Å². The third-order valence-corrected chi connectivity index (χ3v) is 5.80. The summed E-state index contributed by atoms with van der Waals surface area (Å²) in [6.45, 7) is 8.33. The molecule has 178 valence electrons. The van der Waals surface area contributed by atoms with Gasteiger partial charge in [-0.2, -0.15) is 9.97 Å². The Morgan fingerprint density at radius 3 is 2.36 bits per heavy atom. The van der Waals surface area contributed by atoms with Crippen molar-refractivity contribution in [2.24, 2.45) is 0 Å². The number of nitrogens with one attached hydrogen (secondary N) is 3. The van der Waals surface area contributed by atoms with E-state index in [4.69, 9.17) is 9.97 Å². The minimum atomic E-state index is -0.514. The van der Waals surface area contributed by atoms with E-state index in [1.54, 1.807) is 0 Å². The van der Waals surface area contributed by atoms with Crippen LogP contribution in [0.15, 0.2) is 18.5 Å². The van der Waals surface area contributed by atoms with Crippen LogP contribution in [0.5, 0.6) is 0 Å². The highest BCUT2D eigenvalue weighted by atomic mass is 16.6. The van der Waals surface area contributed by atoms with Crippen LogP contribution in [0.3, 0.4) is 0 Å². The molecule has 0 saturated carbocycles. The Kier molecular flexibility index (Phi) is 7.66. The third-order valence-electron chi connectivity index (χ3n) is 5.80. The zero-order chi connectivity index (χ0) is 23.0. The topological polar surface area (TPSA) is 137 Å². The Morgan fingerprint density at radius 2 is 1.70 bits per heavy atom. The molecular weight excluding hydrogens is 424 g/mol. The summed E-state index contributed by atoms with van der Waals surface area (Å²) in [5.41, 5.74) is -0.121. The molecule has 0 bridgehead atoms. The molecule has 12 heteroatoms. The molecule has 2 fully saturated rings. The van der Waals surface area contributed by atoms with Crippen molar-refractivity contribution in [2.75, 3.05) is 66.2 Å². The van der Waals surface area contributed by atoms with E-state index in [0.717, 1.165) is 50.3 Å². The second kappa shape index (κ2) is 11.0. The predicted octanol–water partition coefficient (Wildman–Crippen LogP) is 1.88. The fraction of sp³-hybridized carbons (Fsp3) is 0.619. The molecule has 0 amide bonds. The van der Waals surface area contributed by atoms with Crippen molar-refractivity contribution in [1.82, 2.24) is 25.3 Å². The van der Waals surface area contributed by atoms with Gasteiger partial charge in [-0.3, -0.25) is 10.1 Å². The number of hydrogen-bond donors (Lipinski definition) is 3. The third kappa shape index (κ3) is 6.37. The number of hydrogen-bond acceptors (Lipinski definition) is 11. The van der Waals surface area contributed by atoms with Gasteiger partial charge in [-0.15, -0.1) is 0 Å². The van der Waals surface area contributed by atoms with Gasteiger partial charge in [0, 0.05) is 57.9 Å². The first-order valence-electron chi connectivity index (χ1n) is 11.6. The van der Waals surface area contributed by atoms with Crippen molar-refractivity contribution in [3.8, 4) is 0 Å². The van der Waals surface area contributed by atoms with Crippen LogP contribution in [0.2, 0.25) is 0 Å². The summed E-state index contributed by atoms with van der Waals surface area (Å²) in [7, 11) is 0. The van der Waals surface area contributed by atoms with Crippen molar-refractivity contribution < 1.29 is 4.92 Å². The van der Waals surface area contributed by atoms with E-state index in [2.05, 4.69) is 48.7 Å². The Bertz CT molecular complexity index is 880. The van der Waals surface area contributed by atoms with Crippen molar-refractivity contribution in [2.45, 2.75) is 38.6 Å². The average Bonchev–Trinajstić information content (AvgIpc) is 3.53. The number of nitrogens with zero attached hydrogens (tertiary/aromatic N) is 7. The summed E-state index contributed by atoms with van der Waals surface area (Å²) in [4.78, 5) is 32.3. The second-order valence-corrected chi connectivity index (χ2v) is 8.50. The van der Waals surface area contributed by atoms with Crippen LogP contribution in [0, 0.1) is 10.1 Å². The van der Waals surface area contributed by atoms with Gasteiger partial charge in [-0.25, -0.2) is 9.97 Å². The van der Waals surface area contributed by atoms with Crippen LogP contribution >= 0.6 is 0 Å². The minimum absolute atomic E-state index is 0.121. The smallest absolute Gasteiger partial charge is 0.305 e. The first-order chi connectivity index (χ1) is 16.1. The Morgan fingerprint density at radius 1 is 1.03 bits per heavy atom. The molecule has 4 heterocycles. The molecule has 0 aliphatic carbocycles. The molecule has 0 radical (unpaired) electrons. The molecule has 3 N–H and O–H groups in total. The van der Waals surface area contributed by atoms with Crippen LogP contribution in [0.4, 0.5) is 29.2 Å². The molecule has 1 unspecified atom stereocenters. The predicted molar refractivity (Wildman–Crippen MR) is 128 cm³/mol. The summed E-state index contributed by atoms with van der Waals surface area (Å²) in [5.74, 6) is 3.07. The van der Waals surface area contributed by atoms with Crippen LogP contribution in [-0.2, 0) is 0 Å². The van der Waals surface area contributed by atoms with Gasteiger partial charge in [0.2, 0.25) is 11.9 Å². The van der Waals surface area contributed by atoms with Crippen molar-refractivity contribution >= 4 is 29.2 Å². The van der Waals surface area contributed by atoms with E-state index in [1.807, 2.05) is 0 Å². The second-order valence-electron chi connectivity index (χ2n) is 8.50. The zero-order valence-electron chi connectivity index (χ0n) is 19.0. The van der Waals surface area contributed by atoms with Gasteiger partial charge in [0.1, 0.15) is 24.0 Å². The minimum Gasteiger partial charge on any atom is -0.366 e. The SMILES string of the molecule is CC(CNCCNc1ncc([N+](=O)[O-])cn1)Nc1cc(N2CCCC2)nc(N2CCCC2)n1. The maximum absolute atomic E-state index is 10.7. The van der Waals surface area contributed by atoms with Gasteiger partial charge >= 0.3 is 5.69 Å². The number of rotatable bonds is 11. The summed E-state index contributed by atoms with van der Waals surface area (Å²) < 4.78 is 0. The molecule has 4 rings (SSSR count). The molecule has 2 aliphatic heterocycles. The van der Waals surface area contributed by atoms with E-state index in [-0.39, 0.29) is 11.7 Å². The number of aromatic nitrogens is 4. The lowest BCUT2D eigenvalue weighted by atomic mass is 10.3. The standard InChI is InChI=1S/C21H32N10O2/c1-16(13-22-6-7-23-20-24-14-17(15-25-20)31(32)33)26-18-12-19(29-8-2-3-9-29)28-21(27-18)30-10-4-5-11-30/h12,14-16,22H,2-11,13H2,1H3,(H,23,24,25)(H,26,27,28). The quantitative estimate of drug-likeness (QED) is 0.259. The molecule has 2 aliphatic rings. The highest BCUT2D eigenvalue weighted by molar-refractivity contribution is 5.55. The van der Waals surface area contributed by atoms with Crippen molar-refractivity contribution in [3.63, 3.8) is 0 Å². The number of anilines is 4. The molecule has 1 atom stereocenters. The lowest BCUT2D eigenvalue weighted by molar-refractivity contribution is -0.385. The van der Waals surface area contributed by atoms with E-state index in [9.17, 15) is 10.1 Å². The summed E-state index contributed by atoms with van der Waals surface area (Å²) in [5, 5.41) is 20.6. The molecule has 2 aromatic rings. The first kappa shape index (κ1) is 22.9. The molecule has 2 saturated heterocycles. The molecule has 12 nitrogen and oxygen atoms in total. The largest absolute Gasteiger partial charge is 0.366 e. The summed E-state index contributed by atoms with van der Waals surface area (Å²) >= 11 is 0. The summed E-state index contributed by atoms with van der Waals surface area (Å²) in [6.07, 6.45) is 7.21. The number of nitro groups is 1. The van der Waals surface area contributed by atoms with E-state index >= 15 is 0 Å². The molecule has 0 aromatic carbocycles. The summed E-state index contributed by atoms with van der Waals surface area (Å²) in [6, 6.07) is 2.24. The van der Waals surface area contributed by atoms with Crippen molar-refractivity contribution in [1.29, 1.82) is 0 Å². The Hall–Kier alpha value is -3.28. The Labute approximate surface area is 193 Å². The van der Waals surface area contributed by atoms with Gasteiger partial charge in [-0.1, -0.05) is 0 Å². The lowest BCUT2D eigenvalue weighted by Crippen LogP contribution is -2.34. The van der Waals surface area contributed by atoms with Crippen molar-refractivity contribution in [3.05, 3.63) is 28.6 Å². The Balaban J connectivity index is 1.25. The highest BCUT2D eigenvalue weighted by Crippen LogP contribution is 2.25. The molecule has 0 spiro atoms. The lowest BCUT2D eigenvalue weighted by Gasteiger charge is -2.23. The maximum Gasteiger partial charge on any atom is 0.305 e. The molecule has 2 aromatic heterocycles. The zero-order valence-corrected chi connectivity index (χ0v) is 19.0. The van der Waals surface area contributed by atoms with E-state index in [1.165, 1.54) is 38.1 Å². The van der Waals surface area contributed by atoms with E-state index in [0.29, 0.717) is 19.0 Å². The average molecular weight is 457 g/mol. The van der Waals surface area contributed by atoms with Crippen LogP contribution in [0.1, 0.15) is 32.6 Å². The van der Waals surface area contributed by atoms with Gasteiger partial charge in [0.25, 0.3) is 0 Å². The van der Waals surface area contributed by atoms with Crippen LogP contribution in [0.25, 0.3) is 0 Å².